The molecular formula is C25H25Cl2N3O3. The molecule has 0 bridgehead atoms. The first kappa shape index (κ1) is 23.3. The minimum absolute atomic E-state index is 0.0230. The van der Waals surface area contributed by atoms with Crippen molar-refractivity contribution in [3.05, 3.63) is 62.6 Å². The van der Waals surface area contributed by atoms with Crippen molar-refractivity contribution in [2.45, 2.75) is 45.6 Å². The molecule has 2 heterocycles. The number of hydrogen-bond acceptors (Lipinski definition) is 4. The van der Waals surface area contributed by atoms with Crippen LogP contribution >= 0.6 is 23.2 Å². The summed E-state index contributed by atoms with van der Waals surface area (Å²) in [7, 11) is 2.08. The zero-order valence-electron chi connectivity index (χ0n) is 19.1. The minimum Gasteiger partial charge on any atom is -0.369 e. The lowest BCUT2D eigenvalue weighted by Crippen LogP contribution is -2.54. The third-order valence-corrected chi connectivity index (χ3v) is 7.40. The molecule has 6 nitrogen and oxygen atoms in total. The quantitative estimate of drug-likeness (QED) is 0.438. The lowest BCUT2D eigenvalue weighted by Gasteiger charge is -2.45. The predicted molar refractivity (Wildman–Crippen MR) is 132 cm³/mol. The molecule has 1 unspecified atom stereocenters. The molecule has 0 spiro atoms. The highest BCUT2D eigenvalue weighted by Crippen LogP contribution is 2.44. The number of rotatable bonds is 2. The molecule has 172 valence electrons. The number of nitrogens with zero attached hydrogens (tertiary/aromatic N) is 2. The number of urea groups is 1. The van der Waals surface area contributed by atoms with Gasteiger partial charge in [-0.3, -0.25) is 14.9 Å². The summed E-state index contributed by atoms with van der Waals surface area (Å²) in [5.74, 6) is -1.19. The Bertz CT molecular complexity index is 1240. The molecule has 8 heteroatoms. The van der Waals surface area contributed by atoms with Crippen LogP contribution < -0.4 is 15.1 Å². The third-order valence-electron chi connectivity index (χ3n) is 6.59. The highest BCUT2D eigenvalue weighted by molar-refractivity contribution is 6.46. The highest BCUT2D eigenvalue weighted by Gasteiger charge is 2.39. The van der Waals surface area contributed by atoms with Crippen LogP contribution in [0.3, 0.4) is 0 Å². The van der Waals surface area contributed by atoms with Crippen LogP contribution in [0.15, 0.2) is 35.9 Å². The van der Waals surface area contributed by atoms with E-state index in [4.69, 9.17) is 23.2 Å². The van der Waals surface area contributed by atoms with Gasteiger partial charge in [0.05, 0.1) is 15.7 Å². The van der Waals surface area contributed by atoms with Gasteiger partial charge in [0.15, 0.2) is 0 Å². The summed E-state index contributed by atoms with van der Waals surface area (Å²) < 4.78 is 0. The van der Waals surface area contributed by atoms with E-state index in [2.05, 4.69) is 44.1 Å². The molecule has 33 heavy (non-hydrogen) atoms. The van der Waals surface area contributed by atoms with Crippen molar-refractivity contribution in [1.82, 2.24) is 5.32 Å². The number of halogens is 2. The smallest absolute Gasteiger partial charge is 0.336 e. The largest absolute Gasteiger partial charge is 0.369 e. The number of nitrogens with one attached hydrogen (secondary N) is 1. The van der Waals surface area contributed by atoms with E-state index in [1.165, 1.54) is 12.1 Å². The van der Waals surface area contributed by atoms with Crippen molar-refractivity contribution >= 4 is 58.5 Å². The van der Waals surface area contributed by atoms with E-state index >= 15 is 0 Å². The minimum atomic E-state index is -0.869. The lowest BCUT2D eigenvalue weighted by atomic mass is 9.79. The average Bonchev–Trinajstić information content (AvgIpc) is 2.72. The molecule has 1 atom stereocenters. The maximum atomic E-state index is 13.3. The first-order chi connectivity index (χ1) is 15.4. The Kier molecular flexibility index (Phi) is 5.79. The zero-order valence-corrected chi connectivity index (χ0v) is 20.6. The van der Waals surface area contributed by atoms with Crippen LogP contribution in [0.2, 0.25) is 10.0 Å². The summed E-state index contributed by atoms with van der Waals surface area (Å²) in [5.41, 5.74) is 3.95. The Balaban J connectivity index is 1.79. The second-order valence-corrected chi connectivity index (χ2v) is 10.1. The standard InChI is InChI=1S/C25H25Cl2N3O3/c1-13-9-20-16(14(2)12-25(3,4)29(20)5)10-15(13)11-17-22(31)28-24(33)30(23(17)32)19-8-6-7-18(26)21(19)27/h6-11,14H,12H2,1-5H3,(H,28,31,33)/b17-11+. The number of hydrogen-bond donors (Lipinski definition) is 1. The third kappa shape index (κ3) is 3.91. The van der Waals surface area contributed by atoms with E-state index in [0.29, 0.717) is 5.92 Å². The fourth-order valence-corrected chi connectivity index (χ4v) is 4.97. The average molecular weight is 486 g/mol. The Labute approximate surface area is 203 Å². The molecule has 0 radical (unpaired) electrons. The predicted octanol–water partition coefficient (Wildman–Crippen LogP) is 5.69. The second-order valence-electron chi connectivity index (χ2n) is 9.28. The van der Waals surface area contributed by atoms with E-state index in [0.717, 1.165) is 33.7 Å². The van der Waals surface area contributed by atoms with Crippen molar-refractivity contribution in [3.8, 4) is 0 Å². The molecule has 2 aromatic carbocycles. The fourth-order valence-electron chi connectivity index (χ4n) is 4.59. The van der Waals surface area contributed by atoms with E-state index in [-0.39, 0.29) is 26.8 Å². The number of carbonyl (C=O) groups excluding carboxylic acids is 3. The Hall–Kier alpha value is -2.83. The zero-order chi connectivity index (χ0) is 24.2. The normalized spacial score (nSPS) is 21.4. The molecule has 1 fully saturated rings. The van der Waals surface area contributed by atoms with Crippen LogP contribution in [0.4, 0.5) is 16.2 Å². The SMILES string of the molecule is Cc1cc2c(cc1/C=C1\C(=O)NC(=O)N(c3cccc(Cl)c3Cl)C1=O)C(C)CC(C)(C)N2C. The summed E-state index contributed by atoms with van der Waals surface area (Å²) in [6, 6.07) is 7.88. The van der Waals surface area contributed by atoms with Crippen molar-refractivity contribution in [2.24, 2.45) is 0 Å². The summed E-state index contributed by atoms with van der Waals surface area (Å²) >= 11 is 12.3. The lowest BCUT2D eigenvalue weighted by molar-refractivity contribution is -0.122. The van der Waals surface area contributed by atoms with Gasteiger partial charge in [-0.2, -0.15) is 0 Å². The van der Waals surface area contributed by atoms with Crippen LogP contribution in [-0.2, 0) is 9.59 Å². The molecule has 2 aliphatic rings. The summed E-state index contributed by atoms with van der Waals surface area (Å²) in [6.07, 6.45) is 2.52. The highest BCUT2D eigenvalue weighted by atomic mass is 35.5. The van der Waals surface area contributed by atoms with E-state index < -0.39 is 17.8 Å². The number of imide groups is 2. The maximum Gasteiger partial charge on any atom is 0.336 e. The maximum absolute atomic E-state index is 13.3. The van der Waals surface area contributed by atoms with Gasteiger partial charge in [0, 0.05) is 18.3 Å². The summed E-state index contributed by atoms with van der Waals surface area (Å²) in [6.45, 7) is 8.55. The molecule has 0 aromatic heterocycles. The van der Waals surface area contributed by atoms with Gasteiger partial charge in [0.1, 0.15) is 5.57 Å². The topological polar surface area (TPSA) is 69.7 Å². The van der Waals surface area contributed by atoms with Crippen LogP contribution in [0, 0.1) is 6.92 Å². The number of barbiturate groups is 1. The van der Waals surface area contributed by atoms with Crippen LogP contribution in [0.25, 0.3) is 6.08 Å². The van der Waals surface area contributed by atoms with Gasteiger partial charge in [-0.15, -0.1) is 0 Å². The summed E-state index contributed by atoms with van der Waals surface area (Å²) in [4.78, 5) is 41.5. The van der Waals surface area contributed by atoms with E-state index in [1.54, 1.807) is 12.1 Å². The van der Waals surface area contributed by atoms with Crippen LogP contribution in [0.5, 0.6) is 0 Å². The van der Waals surface area contributed by atoms with Crippen molar-refractivity contribution < 1.29 is 14.4 Å². The summed E-state index contributed by atoms with van der Waals surface area (Å²) in [5, 5.41) is 2.49. The van der Waals surface area contributed by atoms with Crippen molar-refractivity contribution in [2.75, 3.05) is 16.8 Å². The van der Waals surface area contributed by atoms with Crippen LogP contribution in [0.1, 0.15) is 49.8 Å². The number of carbonyl (C=O) groups is 3. The molecule has 1 saturated heterocycles. The fraction of sp³-hybridized carbons (Fsp3) is 0.320. The molecular weight excluding hydrogens is 461 g/mol. The monoisotopic (exact) mass is 485 g/mol. The Morgan fingerprint density at radius 3 is 2.52 bits per heavy atom. The molecule has 2 aromatic rings. The van der Waals surface area contributed by atoms with E-state index in [9.17, 15) is 14.4 Å². The van der Waals surface area contributed by atoms with Crippen LogP contribution in [-0.4, -0.2) is 30.4 Å². The number of benzene rings is 2. The molecule has 2 aliphatic heterocycles. The van der Waals surface area contributed by atoms with Crippen molar-refractivity contribution in [3.63, 3.8) is 0 Å². The molecule has 4 rings (SSSR count). The van der Waals surface area contributed by atoms with Gasteiger partial charge in [-0.05, 0) is 80.1 Å². The van der Waals surface area contributed by atoms with Gasteiger partial charge in [0.25, 0.3) is 11.8 Å². The number of fused-ring (bicyclic) bond motifs is 1. The molecule has 0 aliphatic carbocycles. The van der Waals surface area contributed by atoms with Gasteiger partial charge in [-0.1, -0.05) is 36.2 Å². The Morgan fingerprint density at radius 1 is 1.12 bits per heavy atom. The first-order valence-electron chi connectivity index (χ1n) is 10.7. The Morgan fingerprint density at radius 2 is 1.82 bits per heavy atom. The molecule has 0 saturated carbocycles. The number of anilines is 2. The van der Waals surface area contributed by atoms with Gasteiger partial charge < -0.3 is 4.90 Å². The second kappa shape index (κ2) is 8.19. The van der Waals surface area contributed by atoms with Gasteiger partial charge in [-0.25, -0.2) is 9.69 Å². The number of amides is 4. The van der Waals surface area contributed by atoms with Gasteiger partial charge in [0.2, 0.25) is 0 Å². The first-order valence-corrected chi connectivity index (χ1v) is 11.4. The van der Waals surface area contributed by atoms with E-state index in [1.807, 2.05) is 13.0 Å². The molecule has 1 N–H and O–H groups in total. The number of aryl methyl sites for hydroxylation is 1. The van der Waals surface area contributed by atoms with Gasteiger partial charge >= 0.3 is 6.03 Å². The van der Waals surface area contributed by atoms with Crippen molar-refractivity contribution in [1.29, 1.82) is 0 Å². The molecule has 4 amide bonds.